The molecule has 0 aliphatic carbocycles. The van der Waals surface area contributed by atoms with Crippen LogP contribution in [-0.2, 0) is 19.1 Å². The van der Waals surface area contributed by atoms with Gasteiger partial charge in [-0.1, -0.05) is 0 Å². The van der Waals surface area contributed by atoms with Crippen molar-refractivity contribution < 1.29 is 23.9 Å². The third kappa shape index (κ3) is 4.94. The van der Waals surface area contributed by atoms with Crippen LogP contribution in [0.4, 0.5) is 11.4 Å². The molecule has 11 heteroatoms. The Morgan fingerprint density at radius 2 is 2.03 bits per heavy atom. The molecule has 0 saturated carbocycles. The van der Waals surface area contributed by atoms with Crippen LogP contribution in [0, 0.1) is 12.8 Å². The van der Waals surface area contributed by atoms with Crippen molar-refractivity contribution in [3.8, 4) is 0 Å². The second-order valence-electron chi connectivity index (χ2n) is 7.98. The summed E-state index contributed by atoms with van der Waals surface area (Å²) >= 11 is 4.62. The minimum absolute atomic E-state index is 0.0444. The van der Waals surface area contributed by atoms with Crippen LogP contribution in [0.25, 0.3) is 0 Å². The molecule has 2 saturated heterocycles. The zero-order valence-electron chi connectivity index (χ0n) is 17.9. The first-order valence-corrected chi connectivity index (χ1v) is 12.0. The number of anilines is 2. The monoisotopic (exact) mass is 534 g/mol. The summed E-state index contributed by atoms with van der Waals surface area (Å²) in [5, 5.41) is 2.89. The topological polar surface area (TPSA) is 122 Å². The van der Waals surface area contributed by atoms with E-state index in [0.717, 1.165) is 15.0 Å². The highest BCUT2D eigenvalue weighted by Gasteiger charge is 2.43. The SMILES string of the molecule is Cc1cc(N2CC(NC(=O)c3ccc(Br)s3)C(CC(N)=O)C2=O)ccc1N1CCOCC1=O. The minimum Gasteiger partial charge on any atom is -0.370 e. The molecule has 2 aromatic rings. The summed E-state index contributed by atoms with van der Waals surface area (Å²) in [7, 11) is 0. The molecule has 2 atom stereocenters. The third-order valence-corrected chi connectivity index (χ3v) is 7.37. The summed E-state index contributed by atoms with van der Waals surface area (Å²) < 4.78 is 6.01. The standard InChI is InChI=1S/C22H23BrN4O5S/c1-12-8-13(2-3-16(12)26-6-7-32-11-20(26)29)27-10-15(14(22(27)31)9-19(24)28)25-21(30)17-4-5-18(23)33-17/h2-5,8,14-15H,6-7,9-11H2,1H3,(H2,24,28)(H,25,30). The fourth-order valence-electron chi connectivity index (χ4n) is 4.17. The van der Waals surface area contributed by atoms with E-state index in [0.29, 0.717) is 23.7 Å². The first-order valence-electron chi connectivity index (χ1n) is 10.4. The predicted molar refractivity (Wildman–Crippen MR) is 127 cm³/mol. The number of carbonyl (C=O) groups is 4. The van der Waals surface area contributed by atoms with Crippen molar-refractivity contribution >= 4 is 62.3 Å². The van der Waals surface area contributed by atoms with E-state index in [4.69, 9.17) is 10.5 Å². The lowest BCUT2D eigenvalue weighted by Crippen LogP contribution is -2.42. The van der Waals surface area contributed by atoms with Gasteiger partial charge in [0.15, 0.2) is 0 Å². The van der Waals surface area contributed by atoms with Crippen LogP contribution in [0.1, 0.15) is 21.7 Å². The average Bonchev–Trinajstić information content (AvgIpc) is 3.33. The quantitative estimate of drug-likeness (QED) is 0.585. The summed E-state index contributed by atoms with van der Waals surface area (Å²) in [4.78, 5) is 53.5. The van der Waals surface area contributed by atoms with Gasteiger partial charge in [-0.3, -0.25) is 19.2 Å². The highest BCUT2D eigenvalue weighted by Crippen LogP contribution is 2.32. The lowest BCUT2D eigenvalue weighted by Gasteiger charge is -2.29. The van der Waals surface area contributed by atoms with Gasteiger partial charge in [-0.05, 0) is 58.7 Å². The van der Waals surface area contributed by atoms with E-state index >= 15 is 0 Å². The summed E-state index contributed by atoms with van der Waals surface area (Å²) in [6.45, 7) is 3.06. The Balaban J connectivity index is 1.56. The van der Waals surface area contributed by atoms with Gasteiger partial charge in [0.05, 0.1) is 27.2 Å². The molecule has 0 radical (unpaired) electrons. The number of nitrogens with zero attached hydrogens (tertiary/aromatic N) is 2. The largest absolute Gasteiger partial charge is 0.370 e. The number of benzene rings is 1. The van der Waals surface area contributed by atoms with Crippen molar-refractivity contribution in [2.45, 2.75) is 19.4 Å². The molecule has 1 aromatic carbocycles. The molecule has 4 amide bonds. The number of hydrogen-bond donors (Lipinski definition) is 2. The molecule has 4 rings (SSSR count). The van der Waals surface area contributed by atoms with Crippen molar-refractivity contribution in [1.29, 1.82) is 0 Å². The number of ether oxygens (including phenoxy) is 1. The lowest BCUT2D eigenvalue weighted by atomic mass is 9.98. The Kier molecular flexibility index (Phi) is 6.82. The number of aryl methyl sites for hydroxylation is 1. The molecule has 0 bridgehead atoms. The average molecular weight is 535 g/mol. The van der Waals surface area contributed by atoms with Crippen molar-refractivity contribution in [3.05, 3.63) is 44.6 Å². The second-order valence-corrected chi connectivity index (χ2v) is 10.4. The minimum atomic E-state index is -0.754. The van der Waals surface area contributed by atoms with E-state index in [-0.39, 0.29) is 37.3 Å². The molecular formula is C22H23BrN4O5S. The van der Waals surface area contributed by atoms with Crippen molar-refractivity contribution in [2.24, 2.45) is 11.7 Å². The Morgan fingerprint density at radius 1 is 1.24 bits per heavy atom. The van der Waals surface area contributed by atoms with Crippen LogP contribution < -0.4 is 20.9 Å². The number of halogens is 1. The molecule has 0 spiro atoms. The van der Waals surface area contributed by atoms with Crippen LogP contribution in [0.15, 0.2) is 34.1 Å². The zero-order chi connectivity index (χ0) is 23.7. The van der Waals surface area contributed by atoms with Gasteiger partial charge in [0, 0.05) is 30.9 Å². The highest BCUT2D eigenvalue weighted by molar-refractivity contribution is 9.11. The Morgan fingerprint density at radius 3 is 2.67 bits per heavy atom. The van der Waals surface area contributed by atoms with Gasteiger partial charge in [0.25, 0.3) is 11.8 Å². The fourth-order valence-corrected chi connectivity index (χ4v) is 5.46. The van der Waals surface area contributed by atoms with Gasteiger partial charge >= 0.3 is 0 Å². The Labute approximate surface area is 203 Å². The van der Waals surface area contributed by atoms with E-state index in [1.165, 1.54) is 11.3 Å². The summed E-state index contributed by atoms with van der Waals surface area (Å²) in [5.41, 5.74) is 7.62. The number of amides is 4. The Hall–Kier alpha value is -2.76. The van der Waals surface area contributed by atoms with Gasteiger partial charge in [-0.2, -0.15) is 0 Å². The normalized spacial score (nSPS) is 20.9. The van der Waals surface area contributed by atoms with Crippen LogP contribution in [0.3, 0.4) is 0 Å². The molecule has 174 valence electrons. The maximum Gasteiger partial charge on any atom is 0.261 e. The van der Waals surface area contributed by atoms with Crippen molar-refractivity contribution in [2.75, 3.05) is 36.1 Å². The second kappa shape index (κ2) is 9.62. The summed E-state index contributed by atoms with van der Waals surface area (Å²) in [5.74, 6) is -2.06. The number of thiophene rings is 1. The smallest absolute Gasteiger partial charge is 0.261 e. The maximum absolute atomic E-state index is 13.2. The fraction of sp³-hybridized carbons (Fsp3) is 0.364. The van der Waals surface area contributed by atoms with Crippen molar-refractivity contribution in [3.63, 3.8) is 0 Å². The van der Waals surface area contributed by atoms with Gasteiger partial charge in [-0.15, -0.1) is 11.3 Å². The highest BCUT2D eigenvalue weighted by atomic mass is 79.9. The van der Waals surface area contributed by atoms with E-state index < -0.39 is 17.9 Å². The Bertz CT molecular complexity index is 1120. The molecule has 2 aliphatic rings. The molecule has 33 heavy (non-hydrogen) atoms. The first-order chi connectivity index (χ1) is 15.7. The molecule has 2 unspecified atom stereocenters. The van der Waals surface area contributed by atoms with Crippen LogP contribution in [0.2, 0.25) is 0 Å². The lowest BCUT2D eigenvalue weighted by molar-refractivity contribution is -0.126. The van der Waals surface area contributed by atoms with Crippen molar-refractivity contribution in [1.82, 2.24) is 5.32 Å². The number of nitrogens with one attached hydrogen (secondary N) is 1. The number of nitrogens with two attached hydrogens (primary N) is 1. The third-order valence-electron chi connectivity index (χ3n) is 5.75. The van der Waals surface area contributed by atoms with E-state index in [9.17, 15) is 19.2 Å². The molecule has 3 N–H and O–H groups in total. The van der Waals surface area contributed by atoms with E-state index in [2.05, 4.69) is 21.2 Å². The number of morpholine rings is 1. The number of primary amides is 1. The molecule has 2 fully saturated rings. The van der Waals surface area contributed by atoms with Gasteiger partial charge < -0.3 is 25.6 Å². The van der Waals surface area contributed by atoms with Gasteiger partial charge in [0.1, 0.15) is 6.61 Å². The zero-order valence-corrected chi connectivity index (χ0v) is 20.3. The molecule has 1 aromatic heterocycles. The predicted octanol–water partition coefficient (Wildman–Crippen LogP) is 1.82. The molecule has 3 heterocycles. The van der Waals surface area contributed by atoms with E-state index in [1.54, 1.807) is 34.1 Å². The van der Waals surface area contributed by atoms with E-state index in [1.807, 2.05) is 13.0 Å². The first kappa shape index (κ1) is 23.4. The van der Waals surface area contributed by atoms with Crippen LogP contribution in [-0.4, -0.2) is 56.0 Å². The van der Waals surface area contributed by atoms with Gasteiger partial charge in [0.2, 0.25) is 11.8 Å². The summed E-state index contributed by atoms with van der Waals surface area (Å²) in [6, 6.07) is 8.30. The molecule has 9 nitrogen and oxygen atoms in total. The maximum atomic E-state index is 13.2. The number of hydrogen-bond acceptors (Lipinski definition) is 6. The van der Waals surface area contributed by atoms with Crippen LogP contribution in [0.5, 0.6) is 0 Å². The van der Waals surface area contributed by atoms with Crippen LogP contribution >= 0.6 is 27.3 Å². The number of rotatable bonds is 6. The summed E-state index contributed by atoms with van der Waals surface area (Å²) in [6.07, 6.45) is -0.159. The van der Waals surface area contributed by atoms with Gasteiger partial charge in [-0.25, -0.2) is 0 Å². The number of carbonyl (C=O) groups excluding carboxylic acids is 4. The molecular weight excluding hydrogens is 512 g/mol. The molecule has 2 aliphatic heterocycles.